The van der Waals surface area contributed by atoms with Crippen molar-refractivity contribution in [2.45, 2.75) is 39.5 Å². The molecule has 1 aliphatic rings. The first-order valence-corrected chi connectivity index (χ1v) is 5.87. The van der Waals surface area contributed by atoms with Crippen LogP contribution in [0.1, 0.15) is 28.7 Å². The van der Waals surface area contributed by atoms with Crippen LogP contribution in [0.5, 0.6) is 0 Å². The lowest BCUT2D eigenvalue weighted by atomic mass is 9.89. The normalized spacial score (nSPS) is 24.9. The molecule has 0 bridgehead atoms. The molecular weight excluding hydrogens is 238 g/mol. The van der Waals surface area contributed by atoms with Gasteiger partial charge in [0.05, 0.1) is 0 Å². The van der Waals surface area contributed by atoms with Crippen molar-refractivity contribution in [3.63, 3.8) is 0 Å². The van der Waals surface area contributed by atoms with E-state index >= 15 is 0 Å². The number of carbonyl (C=O) groups is 1. The van der Waals surface area contributed by atoms with E-state index in [9.17, 15) is 13.6 Å². The minimum atomic E-state index is -3.08. The van der Waals surface area contributed by atoms with E-state index < -0.39 is 23.7 Å². The van der Waals surface area contributed by atoms with E-state index in [4.69, 9.17) is 5.11 Å². The van der Waals surface area contributed by atoms with Crippen LogP contribution in [0.25, 0.3) is 0 Å². The standard InChI is InChI=1S/C14H16F2O2/c1-8-4-9(2)11(10(3)5-8)6-13(12(17)18)7-14(13,15)16/h4-5H,6-7H2,1-3H3,(H,17,18). The second kappa shape index (κ2) is 3.77. The van der Waals surface area contributed by atoms with Gasteiger partial charge in [0, 0.05) is 6.42 Å². The molecule has 0 spiro atoms. The summed E-state index contributed by atoms with van der Waals surface area (Å²) in [7, 11) is 0. The van der Waals surface area contributed by atoms with Crippen molar-refractivity contribution in [3.8, 4) is 0 Å². The van der Waals surface area contributed by atoms with E-state index in [0.29, 0.717) is 0 Å². The van der Waals surface area contributed by atoms with Crippen LogP contribution in [0.4, 0.5) is 8.78 Å². The summed E-state index contributed by atoms with van der Waals surface area (Å²) in [5.74, 6) is -4.48. The summed E-state index contributed by atoms with van der Waals surface area (Å²) >= 11 is 0. The van der Waals surface area contributed by atoms with Crippen LogP contribution in [-0.2, 0) is 11.2 Å². The second-order valence-electron chi connectivity index (χ2n) is 5.32. The van der Waals surface area contributed by atoms with Crippen LogP contribution >= 0.6 is 0 Å². The molecule has 1 fully saturated rings. The summed E-state index contributed by atoms with van der Waals surface area (Å²) in [5, 5.41) is 9.06. The van der Waals surface area contributed by atoms with E-state index in [1.54, 1.807) is 0 Å². The smallest absolute Gasteiger partial charge is 0.316 e. The number of hydrogen-bond donors (Lipinski definition) is 1. The van der Waals surface area contributed by atoms with Crippen molar-refractivity contribution in [1.29, 1.82) is 0 Å². The molecule has 2 nitrogen and oxygen atoms in total. The SMILES string of the molecule is Cc1cc(C)c(CC2(C(=O)O)CC2(F)F)c(C)c1. The number of aliphatic carboxylic acids is 1. The van der Waals surface area contributed by atoms with Crippen LogP contribution in [0, 0.1) is 26.2 Å². The van der Waals surface area contributed by atoms with Gasteiger partial charge in [0.2, 0.25) is 0 Å². The molecule has 0 aromatic heterocycles. The summed E-state index contributed by atoms with van der Waals surface area (Å²) in [5.41, 5.74) is 1.67. The highest BCUT2D eigenvalue weighted by Crippen LogP contribution is 2.62. The van der Waals surface area contributed by atoms with Crippen LogP contribution in [0.15, 0.2) is 12.1 Å². The minimum Gasteiger partial charge on any atom is -0.481 e. The molecule has 0 saturated heterocycles. The minimum absolute atomic E-state index is 0.0900. The Morgan fingerprint density at radius 1 is 1.28 bits per heavy atom. The molecule has 1 unspecified atom stereocenters. The topological polar surface area (TPSA) is 37.3 Å². The van der Waals surface area contributed by atoms with E-state index in [1.165, 1.54) is 0 Å². The molecule has 1 aromatic rings. The molecule has 1 aromatic carbocycles. The Morgan fingerprint density at radius 3 is 2.06 bits per heavy atom. The van der Waals surface area contributed by atoms with Gasteiger partial charge in [-0.2, -0.15) is 0 Å². The Labute approximate surface area is 105 Å². The summed E-state index contributed by atoms with van der Waals surface area (Å²) in [6.07, 6.45) is -0.643. The molecule has 2 rings (SSSR count). The number of benzene rings is 1. The monoisotopic (exact) mass is 254 g/mol. The number of rotatable bonds is 3. The zero-order chi connectivity index (χ0) is 13.7. The summed E-state index contributed by atoms with van der Waals surface area (Å²) in [6.45, 7) is 5.61. The molecular formula is C14H16F2O2. The van der Waals surface area contributed by atoms with E-state index in [2.05, 4.69) is 0 Å². The first kappa shape index (κ1) is 13.0. The van der Waals surface area contributed by atoms with Crippen molar-refractivity contribution in [2.75, 3.05) is 0 Å². The molecule has 0 radical (unpaired) electrons. The van der Waals surface area contributed by atoms with Crippen molar-refractivity contribution in [1.82, 2.24) is 0 Å². The van der Waals surface area contributed by atoms with Crippen molar-refractivity contribution in [2.24, 2.45) is 5.41 Å². The van der Waals surface area contributed by atoms with Gasteiger partial charge in [-0.05, 0) is 43.9 Å². The summed E-state index contributed by atoms with van der Waals surface area (Å²) in [4.78, 5) is 11.1. The van der Waals surface area contributed by atoms with Gasteiger partial charge in [-0.1, -0.05) is 17.7 Å². The van der Waals surface area contributed by atoms with Gasteiger partial charge in [-0.3, -0.25) is 4.79 Å². The number of alkyl halides is 2. The Morgan fingerprint density at radius 2 is 1.72 bits per heavy atom. The van der Waals surface area contributed by atoms with Crippen molar-refractivity contribution in [3.05, 3.63) is 34.4 Å². The molecule has 0 heterocycles. The van der Waals surface area contributed by atoms with Gasteiger partial charge in [-0.15, -0.1) is 0 Å². The highest BCUT2D eigenvalue weighted by molar-refractivity contribution is 5.81. The second-order valence-corrected chi connectivity index (χ2v) is 5.32. The Hall–Kier alpha value is -1.45. The Kier molecular flexibility index (Phi) is 2.72. The lowest BCUT2D eigenvalue weighted by Gasteiger charge is -2.16. The van der Waals surface area contributed by atoms with Gasteiger partial charge >= 0.3 is 5.97 Å². The molecule has 1 saturated carbocycles. The van der Waals surface area contributed by atoms with Gasteiger partial charge in [0.25, 0.3) is 5.92 Å². The van der Waals surface area contributed by atoms with E-state index in [0.717, 1.165) is 22.3 Å². The largest absolute Gasteiger partial charge is 0.481 e. The molecule has 0 aliphatic heterocycles. The van der Waals surface area contributed by atoms with Gasteiger partial charge in [0.15, 0.2) is 0 Å². The lowest BCUT2D eigenvalue weighted by Crippen LogP contribution is -2.25. The average Bonchev–Trinajstić information content (AvgIpc) is 2.76. The highest BCUT2D eigenvalue weighted by Gasteiger charge is 2.76. The first-order chi connectivity index (χ1) is 8.19. The fourth-order valence-corrected chi connectivity index (χ4v) is 2.62. The number of halogens is 2. The first-order valence-electron chi connectivity index (χ1n) is 5.87. The van der Waals surface area contributed by atoms with Gasteiger partial charge in [0.1, 0.15) is 5.41 Å². The van der Waals surface area contributed by atoms with Gasteiger partial charge in [-0.25, -0.2) is 8.78 Å². The Bertz CT molecular complexity index is 500. The van der Waals surface area contributed by atoms with Crippen LogP contribution in [-0.4, -0.2) is 17.0 Å². The van der Waals surface area contributed by atoms with Gasteiger partial charge < -0.3 is 5.11 Å². The average molecular weight is 254 g/mol. The van der Waals surface area contributed by atoms with E-state index in [1.807, 2.05) is 32.9 Å². The number of hydrogen-bond acceptors (Lipinski definition) is 1. The third-order valence-corrected chi connectivity index (χ3v) is 3.83. The molecule has 98 valence electrons. The fourth-order valence-electron chi connectivity index (χ4n) is 2.62. The predicted octanol–water partition coefficient (Wildman–Crippen LogP) is 3.26. The molecule has 18 heavy (non-hydrogen) atoms. The van der Waals surface area contributed by atoms with E-state index in [-0.39, 0.29) is 6.42 Å². The maximum absolute atomic E-state index is 13.3. The number of carboxylic acids is 1. The third kappa shape index (κ3) is 1.80. The predicted molar refractivity (Wildman–Crippen MR) is 64.0 cm³/mol. The summed E-state index contributed by atoms with van der Waals surface area (Å²) in [6, 6.07) is 3.80. The summed E-state index contributed by atoms with van der Waals surface area (Å²) < 4.78 is 26.7. The molecule has 1 aliphatic carbocycles. The molecule has 4 heteroatoms. The number of carboxylic acid groups (broad SMARTS) is 1. The number of aryl methyl sites for hydroxylation is 3. The van der Waals surface area contributed by atoms with Crippen LogP contribution in [0.3, 0.4) is 0 Å². The highest BCUT2D eigenvalue weighted by atomic mass is 19.3. The molecule has 1 atom stereocenters. The maximum Gasteiger partial charge on any atom is 0.316 e. The molecule has 1 N–H and O–H groups in total. The fraction of sp³-hybridized carbons (Fsp3) is 0.500. The lowest BCUT2D eigenvalue weighted by molar-refractivity contribution is -0.147. The third-order valence-electron chi connectivity index (χ3n) is 3.83. The quantitative estimate of drug-likeness (QED) is 0.898. The Balaban J connectivity index is 2.39. The zero-order valence-corrected chi connectivity index (χ0v) is 10.7. The van der Waals surface area contributed by atoms with Crippen LogP contribution in [0.2, 0.25) is 0 Å². The molecule has 0 amide bonds. The zero-order valence-electron chi connectivity index (χ0n) is 10.7. The maximum atomic E-state index is 13.3. The van der Waals surface area contributed by atoms with Crippen molar-refractivity contribution >= 4 is 5.97 Å². The van der Waals surface area contributed by atoms with Crippen molar-refractivity contribution < 1.29 is 18.7 Å². The van der Waals surface area contributed by atoms with Crippen LogP contribution < -0.4 is 0 Å².